The van der Waals surface area contributed by atoms with Gasteiger partial charge in [-0.2, -0.15) is 13.2 Å². The maximum atomic E-state index is 13.8. The van der Waals surface area contributed by atoms with Crippen LogP contribution in [0.2, 0.25) is 0 Å². The Balaban J connectivity index is 1.92. The maximum Gasteiger partial charge on any atom is 0.417 e. The van der Waals surface area contributed by atoms with Gasteiger partial charge in [-0.3, -0.25) is 14.4 Å². The SMILES string of the molecule is CC(C)(C)C(=O)NCc1ccc(C(F)(F)F)c(C(=O)Nc2ccc(OCC(F)F)c(C(=O)Nc3ccc(Br)cc3)c2)c1. The molecule has 0 unspecified atom stereocenters. The Morgan fingerprint density at radius 1 is 0.833 bits per heavy atom. The smallest absolute Gasteiger partial charge is 0.417 e. The fourth-order valence-corrected chi connectivity index (χ4v) is 3.84. The largest absolute Gasteiger partial charge is 0.487 e. The van der Waals surface area contributed by atoms with Crippen LogP contribution < -0.4 is 20.7 Å². The molecule has 224 valence electrons. The van der Waals surface area contributed by atoms with Crippen LogP contribution in [0.15, 0.2) is 65.1 Å². The third-order valence-corrected chi connectivity index (χ3v) is 6.25. The summed E-state index contributed by atoms with van der Waals surface area (Å²) in [5.41, 5.74) is -2.40. The van der Waals surface area contributed by atoms with E-state index < -0.39 is 47.6 Å². The van der Waals surface area contributed by atoms with Gasteiger partial charge in [-0.25, -0.2) is 8.78 Å². The molecular weight excluding hydrogens is 629 g/mol. The van der Waals surface area contributed by atoms with E-state index in [1.807, 2.05) is 0 Å². The summed E-state index contributed by atoms with van der Waals surface area (Å²) < 4.78 is 72.7. The minimum absolute atomic E-state index is 0.0927. The zero-order valence-corrected chi connectivity index (χ0v) is 24.3. The number of halogens is 6. The van der Waals surface area contributed by atoms with Crippen molar-refractivity contribution in [2.24, 2.45) is 5.41 Å². The third kappa shape index (κ3) is 9.00. The van der Waals surface area contributed by atoms with Crippen molar-refractivity contribution in [2.45, 2.75) is 39.9 Å². The lowest BCUT2D eigenvalue weighted by Crippen LogP contribution is -2.34. The third-order valence-electron chi connectivity index (χ3n) is 5.72. The highest BCUT2D eigenvalue weighted by Gasteiger charge is 2.35. The van der Waals surface area contributed by atoms with E-state index in [1.54, 1.807) is 45.0 Å². The highest BCUT2D eigenvalue weighted by molar-refractivity contribution is 9.10. The van der Waals surface area contributed by atoms with Crippen molar-refractivity contribution >= 4 is 45.0 Å². The molecule has 0 atom stereocenters. The van der Waals surface area contributed by atoms with E-state index in [4.69, 9.17) is 4.74 Å². The van der Waals surface area contributed by atoms with Gasteiger partial charge in [-0.05, 0) is 60.2 Å². The molecule has 0 radical (unpaired) electrons. The van der Waals surface area contributed by atoms with Crippen molar-refractivity contribution in [1.82, 2.24) is 5.32 Å². The van der Waals surface area contributed by atoms with Crippen LogP contribution in [-0.4, -0.2) is 30.8 Å². The van der Waals surface area contributed by atoms with Crippen LogP contribution in [0.3, 0.4) is 0 Å². The number of ether oxygens (including phenoxy) is 1. The van der Waals surface area contributed by atoms with Crippen LogP contribution in [0, 0.1) is 5.41 Å². The van der Waals surface area contributed by atoms with Gasteiger partial charge in [-0.1, -0.05) is 42.8 Å². The number of alkyl halides is 5. The van der Waals surface area contributed by atoms with Crippen molar-refractivity contribution in [1.29, 1.82) is 0 Å². The average molecular weight is 656 g/mol. The van der Waals surface area contributed by atoms with E-state index in [-0.39, 0.29) is 35.0 Å². The quantitative estimate of drug-likeness (QED) is 0.211. The first kappa shape index (κ1) is 32.5. The molecule has 42 heavy (non-hydrogen) atoms. The number of benzene rings is 3. The lowest BCUT2D eigenvalue weighted by atomic mass is 9.95. The summed E-state index contributed by atoms with van der Waals surface area (Å²) in [6.07, 6.45) is -7.71. The van der Waals surface area contributed by atoms with E-state index >= 15 is 0 Å². The normalized spacial score (nSPS) is 11.7. The molecule has 0 spiro atoms. The summed E-state index contributed by atoms with van der Waals surface area (Å²) in [5, 5.41) is 7.52. The van der Waals surface area contributed by atoms with Gasteiger partial charge in [0, 0.05) is 27.8 Å². The first-order valence-electron chi connectivity index (χ1n) is 12.5. The van der Waals surface area contributed by atoms with Crippen molar-refractivity contribution in [3.8, 4) is 5.75 Å². The summed E-state index contributed by atoms with van der Waals surface area (Å²) in [7, 11) is 0. The maximum absolute atomic E-state index is 13.8. The van der Waals surface area contributed by atoms with Gasteiger partial charge in [0.15, 0.2) is 0 Å². The molecule has 3 N–H and O–H groups in total. The van der Waals surface area contributed by atoms with Gasteiger partial charge in [0.2, 0.25) is 5.91 Å². The minimum Gasteiger partial charge on any atom is -0.487 e. The van der Waals surface area contributed by atoms with Crippen LogP contribution in [0.25, 0.3) is 0 Å². The Labute approximate surface area is 247 Å². The molecule has 13 heteroatoms. The fourth-order valence-electron chi connectivity index (χ4n) is 3.58. The number of carbonyl (C=O) groups is 3. The molecule has 0 aliphatic carbocycles. The van der Waals surface area contributed by atoms with Crippen molar-refractivity contribution in [2.75, 3.05) is 17.2 Å². The Morgan fingerprint density at radius 3 is 2.02 bits per heavy atom. The zero-order valence-electron chi connectivity index (χ0n) is 22.7. The van der Waals surface area contributed by atoms with Gasteiger partial charge >= 0.3 is 6.18 Å². The number of hydrogen-bond donors (Lipinski definition) is 3. The highest BCUT2D eigenvalue weighted by atomic mass is 79.9. The van der Waals surface area contributed by atoms with E-state index in [1.165, 1.54) is 6.07 Å². The summed E-state index contributed by atoms with van der Waals surface area (Å²) in [6, 6.07) is 12.8. The van der Waals surface area contributed by atoms with Crippen LogP contribution in [0.5, 0.6) is 5.75 Å². The van der Waals surface area contributed by atoms with Gasteiger partial charge in [0.05, 0.1) is 16.7 Å². The second kappa shape index (κ2) is 13.3. The molecule has 3 aromatic rings. The minimum atomic E-state index is -4.87. The van der Waals surface area contributed by atoms with Crippen LogP contribution in [0.4, 0.5) is 33.3 Å². The van der Waals surface area contributed by atoms with Crippen molar-refractivity contribution in [3.63, 3.8) is 0 Å². The van der Waals surface area contributed by atoms with Crippen molar-refractivity contribution < 1.29 is 41.1 Å². The molecule has 3 aromatic carbocycles. The Bertz CT molecular complexity index is 1460. The summed E-state index contributed by atoms with van der Waals surface area (Å²) in [6.45, 7) is 3.88. The highest BCUT2D eigenvalue weighted by Crippen LogP contribution is 2.33. The number of rotatable bonds is 9. The molecule has 0 fully saturated rings. The van der Waals surface area contributed by atoms with Crippen molar-refractivity contribution in [3.05, 3.63) is 87.4 Å². The second-order valence-corrected chi connectivity index (χ2v) is 11.1. The summed E-state index contributed by atoms with van der Waals surface area (Å²) in [4.78, 5) is 38.3. The Kier molecular flexibility index (Phi) is 10.3. The number of amides is 3. The lowest BCUT2D eigenvalue weighted by Gasteiger charge is -2.19. The van der Waals surface area contributed by atoms with Gasteiger partial charge in [0.25, 0.3) is 18.2 Å². The number of nitrogens with one attached hydrogen (secondary N) is 3. The van der Waals surface area contributed by atoms with Gasteiger partial charge < -0.3 is 20.7 Å². The van der Waals surface area contributed by atoms with Gasteiger partial charge in [0.1, 0.15) is 12.4 Å². The number of anilines is 2. The molecule has 0 bridgehead atoms. The van der Waals surface area contributed by atoms with Gasteiger partial charge in [-0.15, -0.1) is 0 Å². The zero-order chi connectivity index (χ0) is 31.2. The van der Waals surface area contributed by atoms with E-state index in [9.17, 15) is 36.3 Å². The summed E-state index contributed by atoms with van der Waals surface area (Å²) >= 11 is 3.27. The number of hydrogen-bond acceptors (Lipinski definition) is 4. The lowest BCUT2D eigenvalue weighted by molar-refractivity contribution is -0.138. The fraction of sp³-hybridized carbons (Fsp3) is 0.276. The van der Waals surface area contributed by atoms with Crippen LogP contribution in [-0.2, 0) is 17.5 Å². The standard InChI is InChI=1S/C29H27BrF5N3O4/c1-28(2,3)27(41)36-14-16-4-10-22(29(33,34)35)20(12-16)25(39)38-19-9-11-23(42-15-24(31)32)21(13-19)26(40)37-18-7-5-17(30)6-8-18/h4-13,24H,14-15H2,1-3H3,(H,36,41)(H,37,40)(H,38,39). The Hall–Kier alpha value is -4.00. The first-order chi connectivity index (χ1) is 19.5. The van der Waals surface area contributed by atoms with Crippen LogP contribution in [0.1, 0.15) is 52.6 Å². The molecule has 3 amide bonds. The monoisotopic (exact) mass is 655 g/mol. The molecule has 0 aromatic heterocycles. The molecule has 7 nitrogen and oxygen atoms in total. The molecule has 0 saturated carbocycles. The first-order valence-corrected chi connectivity index (χ1v) is 13.3. The molecule has 0 aliphatic rings. The molecule has 0 aliphatic heterocycles. The van der Waals surface area contributed by atoms with E-state index in [0.717, 1.165) is 34.8 Å². The predicted molar refractivity (Wildman–Crippen MR) is 151 cm³/mol. The second-order valence-electron chi connectivity index (χ2n) is 10.1. The summed E-state index contributed by atoms with van der Waals surface area (Å²) in [5.74, 6) is -2.48. The number of carbonyl (C=O) groups excluding carboxylic acids is 3. The molecule has 3 rings (SSSR count). The van der Waals surface area contributed by atoms with E-state index in [0.29, 0.717) is 5.69 Å². The topological polar surface area (TPSA) is 96.5 Å². The molecular formula is C29H27BrF5N3O4. The molecule has 0 saturated heterocycles. The van der Waals surface area contributed by atoms with Crippen LogP contribution >= 0.6 is 15.9 Å². The predicted octanol–water partition coefficient (Wildman–Crippen LogP) is 7.28. The van der Waals surface area contributed by atoms with E-state index in [2.05, 4.69) is 31.9 Å². The Morgan fingerprint density at radius 2 is 1.43 bits per heavy atom. The average Bonchev–Trinajstić information content (AvgIpc) is 2.90. The molecule has 0 heterocycles.